The van der Waals surface area contributed by atoms with Gasteiger partial charge in [0.15, 0.2) is 6.29 Å². The topological polar surface area (TPSA) is 17.1 Å². The van der Waals surface area contributed by atoms with Gasteiger partial charge in [-0.2, -0.15) is 0 Å². The number of hydrogen-bond acceptors (Lipinski definition) is 1. The first kappa shape index (κ1) is 7.59. The van der Waals surface area contributed by atoms with E-state index in [-0.39, 0.29) is 44.6 Å². The fourth-order valence-electron chi connectivity index (χ4n) is 3.37. The Morgan fingerprint density at radius 3 is 1.96 bits per heavy atom. The summed E-state index contributed by atoms with van der Waals surface area (Å²) in [6, 6.07) is 5.30. The zero-order valence-electron chi connectivity index (χ0n) is 20.4. The van der Waals surface area contributed by atoms with Gasteiger partial charge in [-0.25, -0.2) is 0 Å². The Bertz CT molecular complexity index is 1670. The number of aldehydes is 1. The number of fused-ring (bicyclic) bond motifs is 8. The minimum Gasteiger partial charge on any atom is -0.298 e. The monoisotopic (exact) mass is 314 g/mol. The minimum absolute atomic E-state index is 0.0127. The van der Waals surface area contributed by atoms with Gasteiger partial charge >= 0.3 is 0 Å². The van der Waals surface area contributed by atoms with Crippen LogP contribution in [0.25, 0.3) is 43.1 Å². The lowest BCUT2D eigenvalue weighted by molar-refractivity contribution is 0.112. The number of hydrogen-bond donors (Lipinski definition) is 0. The second kappa shape index (κ2) is 4.90. The number of rotatable bonds is 1. The van der Waals surface area contributed by atoms with Gasteiger partial charge in [0.1, 0.15) is 0 Å². The van der Waals surface area contributed by atoms with Crippen LogP contribution in [0.5, 0.6) is 0 Å². The molecule has 0 radical (unpaired) electrons. The number of carbonyl (C=O) groups excluding carboxylic acids is 1. The third-order valence-electron chi connectivity index (χ3n) is 4.33. The fraction of sp³-hybridized carbons (Fsp3) is 0. The molecule has 0 N–H and O–H groups in total. The second-order valence-electron chi connectivity index (χ2n) is 5.55. The minimum atomic E-state index is -0.510. The van der Waals surface area contributed by atoms with Crippen LogP contribution in [-0.2, 0) is 0 Å². The molecule has 0 atom stereocenters. The lowest BCUT2D eigenvalue weighted by Crippen LogP contribution is -1.90. The first-order valence-corrected chi connectivity index (χ1v) is 7.43. The van der Waals surface area contributed by atoms with E-state index in [9.17, 15) is 4.79 Å². The first-order chi connectivity index (χ1) is 15.2. The van der Waals surface area contributed by atoms with Crippen molar-refractivity contribution >= 4 is 49.4 Å². The van der Waals surface area contributed by atoms with Gasteiger partial charge in [-0.05, 0) is 43.8 Å². The molecule has 0 aliphatic rings. The van der Waals surface area contributed by atoms with Gasteiger partial charge in [-0.3, -0.25) is 4.79 Å². The maximum absolute atomic E-state index is 12.1. The summed E-state index contributed by atoms with van der Waals surface area (Å²) < 4.78 is 67.0. The van der Waals surface area contributed by atoms with Gasteiger partial charge in [0.25, 0.3) is 0 Å². The summed E-state index contributed by atoms with van der Waals surface area (Å²) in [7, 11) is 0. The maximum atomic E-state index is 12.1. The first-order valence-electron chi connectivity index (χ1n) is 11.4. The molecule has 24 heavy (non-hydrogen) atoms. The van der Waals surface area contributed by atoms with Gasteiger partial charge in [-0.1, -0.05) is 72.6 Å². The van der Waals surface area contributed by atoms with Crippen molar-refractivity contribution in [2.75, 3.05) is 0 Å². The Kier molecular flexibility index (Phi) is 1.55. The van der Waals surface area contributed by atoms with Crippen LogP contribution in [-0.4, -0.2) is 6.29 Å². The summed E-state index contributed by atoms with van der Waals surface area (Å²) in [4.78, 5) is 12.1. The van der Waals surface area contributed by atoms with Crippen molar-refractivity contribution in [1.29, 1.82) is 0 Å². The molecule has 0 bridgehead atoms. The van der Waals surface area contributed by atoms with Crippen molar-refractivity contribution < 1.29 is 15.8 Å². The summed E-state index contributed by atoms with van der Waals surface area (Å²) in [6.07, 6.45) is 0.604. The zero-order chi connectivity index (χ0) is 23.1. The quantitative estimate of drug-likeness (QED) is 0.269. The standard InChI is InChI=1S/C23H14O/c24-14-16-13-15-7-1-2-8-17(15)23-21-12-6-4-10-19(21)18-9-3-5-11-20(18)22(16)23/h1-14H/i3D,4D,5D,6D,9D,10D,11D,12D. The van der Waals surface area contributed by atoms with Crippen molar-refractivity contribution in [1.82, 2.24) is 0 Å². The van der Waals surface area contributed by atoms with Crippen molar-refractivity contribution in [2.45, 2.75) is 0 Å². The van der Waals surface area contributed by atoms with Gasteiger partial charge in [0, 0.05) is 10.9 Å². The highest BCUT2D eigenvalue weighted by Gasteiger charge is 2.14. The third-order valence-corrected chi connectivity index (χ3v) is 4.33. The summed E-state index contributed by atoms with van der Waals surface area (Å²) in [5.41, 5.74) is 0.183. The zero-order valence-corrected chi connectivity index (χ0v) is 12.4. The van der Waals surface area contributed by atoms with Crippen molar-refractivity contribution in [3.8, 4) is 0 Å². The van der Waals surface area contributed by atoms with E-state index in [1.165, 1.54) is 0 Å². The molecule has 0 saturated heterocycles. The van der Waals surface area contributed by atoms with Crippen LogP contribution in [0.3, 0.4) is 0 Å². The molecular weight excluding hydrogens is 292 g/mol. The van der Waals surface area contributed by atoms with Gasteiger partial charge in [0.2, 0.25) is 0 Å². The summed E-state index contributed by atoms with van der Waals surface area (Å²) in [5.74, 6) is 0. The van der Waals surface area contributed by atoms with Crippen molar-refractivity contribution in [2.24, 2.45) is 0 Å². The van der Waals surface area contributed by atoms with E-state index in [1.807, 2.05) is 0 Å². The largest absolute Gasteiger partial charge is 0.298 e. The lowest BCUT2D eigenvalue weighted by Gasteiger charge is -2.14. The molecular formula is C23H14O. The highest BCUT2D eigenvalue weighted by molar-refractivity contribution is 6.33. The summed E-state index contributed by atoms with van der Waals surface area (Å²) >= 11 is 0. The molecule has 0 aromatic heterocycles. The Morgan fingerprint density at radius 2 is 1.29 bits per heavy atom. The molecule has 0 amide bonds. The van der Waals surface area contributed by atoms with E-state index < -0.39 is 36.3 Å². The van der Waals surface area contributed by atoms with E-state index in [0.717, 1.165) is 0 Å². The van der Waals surface area contributed by atoms with Crippen LogP contribution in [0.4, 0.5) is 0 Å². The van der Waals surface area contributed by atoms with E-state index in [0.29, 0.717) is 22.4 Å². The molecule has 0 aliphatic carbocycles. The smallest absolute Gasteiger partial charge is 0.150 e. The molecule has 0 spiro atoms. The molecule has 5 rings (SSSR count). The second-order valence-corrected chi connectivity index (χ2v) is 5.55. The van der Waals surface area contributed by atoms with Crippen molar-refractivity contribution in [3.63, 3.8) is 0 Å². The molecule has 0 fully saturated rings. The van der Waals surface area contributed by atoms with E-state index >= 15 is 0 Å². The van der Waals surface area contributed by atoms with E-state index in [1.54, 1.807) is 30.3 Å². The Morgan fingerprint density at radius 1 is 0.708 bits per heavy atom. The third kappa shape index (κ3) is 1.67. The van der Waals surface area contributed by atoms with Crippen LogP contribution in [0, 0.1) is 0 Å². The van der Waals surface area contributed by atoms with Crippen LogP contribution in [0.15, 0.2) is 78.7 Å². The molecule has 5 aromatic rings. The van der Waals surface area contributed by atoms with Gasteiger partial charge in [-0.15, -0.1) is 0 Å². The molecule has 1 nitrogen and oxygen atoms in total. The SMILES string of the molecule is [2H]c1c([2H])c([2H])c2c(c1[2H])c1c([2H])c([2H])c([2H])c([2H])c1c1c3ccccc3cc(C=O)c21. The molecule has 112 valence electrons. The van der Waals surface area contributed by atoms with E-state index in [4.69, 9.17) is 11.0 Å². The van der Waals surface area contributed by atoms with Crippen molar-refractivity contribution in [3.05, 3.63) is 84.2 Å². The summed E-state index contributed by atoms with van der Waals surface area (Å²) in [6.45, 7) is 0. The predicted octanol–water partition coefficient (Wildman–Crippen LogP) is 6.11. The normalized spacial score (nSPS) is 16.2. The lowest BCUT2D eigenvalue weighted by atomic mass is 9.89. The van der Waals surface area contributed by atoms with Gasteiger partial charge in [0.05, 0.1) is 11.0 Å². The average molecular weight is 314 g/mol. The van der Waals surface area contributed by atoms with Gasteiger partial charge < -0.3 is 0 Å². The number of carbonyl (C=O) groups is 1. The Balaban J connectivity index is 2.39. The molecule has 0 aliphatic heterocycles. The van der Waals surface area contributed by atoms with Crippen LogP contribution < -0.4 is 0 Å². The fourth-order valence-corrected chi connectivity index (χ4v) is 3.37. The molecule has 0 unspecified atom stereocenters. The Hall–Kier alpha value is -3.19. The molecule has 0 heterocycles. The predicted molar refractivity (Wildman–Crippen MR) is 102 cm³/mol. The highest BCUT2D eigenvalue weighted by atomic mass is 16.1. The van der Waals surface area contributed by atoms with E-state index in [2.05, 4.69) is 0 Å². The summed E-state index contributed by atoms with van der Waals surface area (Å²) in [5, 5.41) is 2.10. The maximum Gasteiger partial charge on any atom is 0.150 e. The molecule has 5 aromatic carbocycles. The van der Waals surface area contributed by atoms with Crippen LogP contribution in [0.2, 0.25) is 0 Å². The van der Waals surface area contributed by atoms with Crippen LogP contribution in [0.1, 0.15) is 21.3 Å². The molecule has 0 saturated carbocycles. The van der Waals surface area contributed by atoms with Crippen LogP contribution >= 0.6 is 0 Å². The number of benzene rings is 5. The highest BCUT2D eigenvalue weighted by Crippen LogP contribution is 2.40. The average Bonchev–Trinajstić information content (AvgIpc) is 2.81. The Labute approximate surface area is 150 Å². The molecule has 1 heteroatoms.